The van der Waals surface area contributed by atoms with Crippen molar-refractivity contribution in [2.45, 2.75) is 60.0 Å². The molecule has 7 aromatic rings. The van der Waals surface area contributed by atoms with E-state index in [4.69, 9.17) is 39.7 Å². The number of aryl methyl sites for hydroxylation is 4. The molecule has 0 aliphatic heterocycles. The number of allylic oxidation sites excluding steroid dienone is 2. The van der Waals surface area contributed by atoms with Gasteiger partial charge in [-0.1, -0.05) is 26.0 Å². The molecule has 2 aromatic carbocycles. The van der Waals surface area contributed by atoms with E-state index in [0.717, 1.165) is 5.69 Å². The quantitative estimate of drug-likeness (QED) is 0.0699. The summed E-state index contributed by atoms with van der Waals surface area (Å²) in [5.41, 5.74) is 15.3. The predicted octanol–water partition coefficient (Wildman–Crippen LogP) is 5.02. The summed E-state index contributed by atoms with van der Waals surface area (Å²) in [4.78, 5) is 61.7. The van der Waals surface area contributed by atoms with Crippen molar-refractivity contribution < 1.29 is 32.7 Å². The highest BCUT2D eigenvalue weighted by Crippen LogP contribution is 2.37. The molecule has 0 saturated carbocycles. The molecule has 0 saturated heterocycles. The number of amides is 3. The number of ether oxygens (including phenoxy) is 2. The van der Waals surface area contributed by atoms with E-state index in [1.807, 2.05) is 37.6 Å². The highest BCUT2D eigenvalue weighted by atomic mass is 16.5. The molecule has 0 unspecified atom stereocenters. The summed E-state index contributed by atoms with van der Waals surface area (Å²) in [7, 11) is 3.37. The molecule has 0 atom stereocenters. The molecule has 6 N–H and O–H groups in total. The zero-order valence-electron chi connectivity index (χ0n) is 33.6. The molecule has 0 aliphatic carbocycles. The molecule has 0 spiro atoms. The summed E-state index contributed by atoms with van der Waals surface area (Å²) in [5.74, 6) is 0.925. The number of benzene rings is 2. The Hall–Kier alpha value is -7.08. The minimum Gasteiger partial charge on any atom is -0.495 e. The average molecular weight is 804 g/mol. The number of oxazole rings is 2. The fraction of sp³-hybridized carbons (Fsp3) is 0.317. The second-order valence-corrected chi connectivity index (χ2v) is 13.7. The summed E-state index contributed by atoms with van der Waals surface area (Å²) in [6, 6.07) is 6.44. The van der Waals surface area contributed by atoms with Crippen molar-refractivity contribution >= 4 is 56.6 Å². The van der Waals surface area contributed by atoms with Crippen LogP contribution in [0.2, 0.25) is 0 Å². The first-order chi connectivity index (χ1) is 28.5. The zero-order valence-corrected chi connectivity index (χ0v) is 33.6. The highest BCUT2D eigenvalue weighted by Gasteiger charge is 2.25. The normalized spacial score (nSPS) is 11.7. The molecule has 306 valence electrons. The molecule has 0 bridgehead atoms. The van der Waals surface area contributed by atoms with Gasteiger partial charge in [-0.25, -0.2) is 24.9 Å². The number of nitrogens with two attached hydrogens (primary N) is 2. The van der Waals surface area contributed by atoms with Gasteiger partial charge < -0.3 is 44.2 Å². The zero-order chi connectivity index (χ0) is 42.0. The summed E-state index contributed by atoms with van der Waals surface area (Å²) in [6.45, 7) is 8.82. The Labute approximate surface area is 338 Å². The van der Waals surface area contributed by atoms with E-state index < -0.39 is 17.7 Å². The Kier molecular flexibility index (Phi) is 11.4. The number of carbonyl (C=O) groups excluding carboxylic acids is 3. The number of hydrogen-bond acceptors (Lipinski definition) is 13. The van der Waals surface area contributed by atoms with E-state index in [2.05, 4.69) is 25.6 Å². The van der Waals surface area contributed by atoms with Crippen LogP contribution in [0.3, 0.4) is 0 Å². The Balaban J connectivity index is 1.33. The molecule has 0 aliphatic rings. The largest absolute Gasteiger partial charge is 0.495 e. The molecule has 0 radical (unpaired) electrons. The van der Waals surface area contributed by atoms with Crippen molar-refractivity contribution in [3.63, 3.8) is 0 Å². The molecule has 5 heterocycles. The third-order valence-corrected chi connectivity index (χ3v) is 9.74. The maximum absolute atomic E-state index is 13.7. The first kappa shape index (κ1) is 40.1. The van der Waals surface area contributed by atoms with Gasteiger partial charge in [0.05, 0.1) is 36.1 Å². The number of carbonyl (C=O) groups is 3. The van der Waals surface area contributed by atoms with Crippen molar-refractivity contribution in [1.29, 1.82) is 0 Å². The molecule has 7 rings (SSSR count). The fourth-order valence-electron chi connectivity index (χ4n) is 7.03. The smallest absolute Gasteiger partial charge is 0.295 e. The van der Waals surface area contributed by atoms with Gasteiger partial charge in [0, 0.05) is 55.0 Å². The van der Waals surface area contributed by atoms with Crippen LogP contribution in [0.1, 0.15) is 74.7 Å². The summed E-state index contributed by atoms with van der Waals surface area (Å²) < 4.78 is 27.4. The van der Waals surface area contributed by atoms with Crippen LogP contribution in [0.4, 0.5) is 5.95 Å². The monoisotopic (exact) mass is 803 g/mol. The Bertz CT molecular complexity index is 2770. The van der Waals surface area contributed by atoms with Crippen molar-refractivity contribution in [3.05, 3.63) is 82.7 Å². The lowest BCUT2D eigenvalue weighted by atomic mass is 10.1. The first-order valence-electron chi connectivity index (χ1n) is 19.1. The van der Waals surface area contributed by atoms with Crippen LogP contribution < -0.4 is 31.6 Å². The van der Waals surface area contributed by atoms with Crippen LogP contribution in [0, 0.1) is 13.8 Å². The van der Waals surface area contributed by atoms with Gasteiger partial charge in [-0.3, -0.25) is 19.7 Å². The third kappa shape index (κ3) is 7.81. The summed E-state index contributed by atoms with van der Waals surface area (Å²) >= 11 is 0. The van der Waals surface area contributed by atoms with E-state index in [0.29, 0.717) is 106 Å². The SMILES string of the molecule is CCc1nc(C)oc1C(=O)Nc1nc2cc(C(N)=O)cc(OCCCNC)c2n1C/C=C/Cn1c2nc(-c3oc(C)nc3CC)ncc2c2cc(C(N)=O)cc(OC)c21. The van der Waals surface area contributed by atoms with Crippen LogP contribution in [0.15, 0.2) is 51.4 Å². The van der Waals surface area contributed by atoms with Crippen LogP contribution in [-0.4, -0.2) is 79.1 Å². The molecular formula is C41H45N11O7. The standard InChI is InChI=1S/C41H45N11O7/c1-7-27-34(58-21(3)46-27)38-45-20-26-25-16-23(36(42)53)18-30(56-6)32(25)51(39(26)49-38)13-9-10-14-52-33-29(17-24(37(43)54)19-31(33)57-15-11-12-44-5)48-41(52)50-40(55)35-28(8-2)47-22(4)59-35/h9-10,16-20,44H,7-8,11-15H2,1-6H3,(H2,42,53)(H2,43,54)(H,48,50,55)/b10-9+. The first-order valence-corrected chi connectivity index (χ1v) is 19.1. The number of methoxy groups -OCH3 is 1. The summed E-state index contributed by atoms with van der Waals surface area (Å²) in [6.07, 6.45) is 7.30. The van der Waals surface area contributed by atoms with Gasteiger partial charge in [-0.2, -0.15) is 0 Å². The lowest BCUT2D eigenvalue weighted by Crippen LogP contribution is -2.17. The Morgan fingerprint density at radius 1 is 0.831 bits per heavy atom. The minimum atomic E-state index is -0.655. The number of hydrogen-bond donors (Lipinski definition) is 4. The van der Waals surface area contributed by atoms with E-state index in [-0.39, 0.29) is 35.9 Å². The van der Waals surface area contributed by atoms with Crippen LogP contribution in [-0.2, 0) is 25.9 Å². The average Bonchev–Trinajstić information content (AvgIpc) is 3.98. The number of nitrogens with zero attached hydrogens (tertiary/aromatic N) is 7. The maximum Gasteiger partial charge on any atom is 0.295 e. The lowest BCUT2D eigenvalue weighted by molar-refractivity contribution is 0.0987. The Morgan fingerprint density at radius 2 is 1.51 bits per heavy atom. The number of rotatable bonds is 17. The van der Waals surface area contributed by atoms with Gasteiger partial charge in [-0.15, -0.1) is 0 Å². The molecule has 18 nitrogen and oxygen atoms in total. The number of nitrogens with one attached hydrogen (secondary N) is 2. The highest BCUT2D eigenvalue weighted by molar-refractivity contribution is 6.12. The van der Waals surface area contributed by atoms with E-state index >= 15 is 0 Å². The number of fused-ring (bicyclic) bond motifs is 4. The van der Waals surface area contributed by atoms with Crippen LogP contribution in [0.25, 0.3) is 44.6 Å². The van der Waals surface area contributed by atoms with E-state index in [9.17, 15) is 14.4 Å². The van der Waals surface area contributed by atoms with Gasteiger partial charge >= 0.3 is 0 Å². The van der Waals surface area contributed by atoms with Crippen molar-refractivity contribution in [2.75, 3.05) is 32.6 Å². The van der Waals surface area contributed by atoms with Crippen LogP contribution in [0.5, 0.6) is 11.5 Å². The minimum absolute atomic E-state index is 0.0771. The fourth-order valence-corrected chi connectivity index (χ4v) is 7.03. The van der Waals surface area contributed by atoms with Gasteiger partial charge in [0.15, 0.2) is 23.4 Å². The summed E-state index contributed by atoms with van der Waals surface area (Å²) in [5, 5.41) is 7.33. The number of aromatic nitrogens is 7. The Morgan fingerprint density at radius 3 is 2.20 bits per heavy atom. The number of primary amides is 2. The second-order valence-electron chi connectivity index (χ2n) is 13.7. The van der Waals surface area contributed by atoms with Crippen molar-refractivity contribution in [2.24, 2.45) is 11.5 Å². The maximum atomic E-state index is 13.7. The second kappa shape index (κ2) is 16.8. The third-order valence-electron chi connectivity index (χ3n) is 9.74. The molecule has 18 heteroatoms. The van der Waals surface area contributed by atoms with E-state index in [1.165, 1.54) is 7.11 Å². The molecule has 5 aromatic heterocycles. The van der Waals surface area contributed by atoms with Gasteiger partial charge in [0.2, 0.25) is 23.5 Å². The molecule has 0 fully saturated rings. The van der Waals surface area contributed by atoms with Gasteiger partial charge in [0.1, 0.15) is 22.7 Å². The van der Waals surface area contributed by atoms with Crippen LogP contribution >= 0.6 is 0 Å². The molecular weight excluding hydrogens is 759 g/mol. The predicted molar refractivity (Wildman–Crippen MR) is 220 cm³/mol. The van der Waals surface area contributed by atoms with Gasteiger partial charge in [0.25, 0.3) is 5.91 Å². The van der Waals surface area contributed by atoms with E-state index in [1.54, 1.807) is 48.9 Å². The van der Waals surface area contributed by atoms with Gasteiger partial charge in [-0.05, 0) is 57.1 Å². The van der Waals surface area contributed by atoms with Crippen molar-refractivity contribution in [1.82, 2.24) is 39.4 Å². The molecule has 3 amide bonds. The lowest BCUT2D eigenvalue weighted by Gasteiger charge is -2.13. The number of anilines is 1. The van der Waals surface area contributed by atoms with Crippen molar-refractivity contribution in [3.8, 4) is 23.1 Å². The number of imidazole rings is 1. The molecule has 59 heavy (non-hydrogen) atoms. The topological polar surface area (TPSA) is 246 Å².